The monoisotopic (exact) mass is 253 g/mol. The van der Waals surface area contributed by atoms with Crippen LogP contribution in [-0.2, 0) is 7.05 Å². The van der Waals surface area contributed by atoms with Crippen LogP contribution in [-0.4, -0.2) is 19.5 Å². The first-order chi connectivity index (χ1) is 9.10. The van der Waals surface area contributed by atoms with Crippen molar-refractivity contribution in [2.75, 3.05) is 0 Å². The lowest BCUT2D eigenvalue weighted by Gasteiger charge is -2.11. The predicted octanol–water partition coefficient (Wildman–Crippen LogP) is -0.00672. The second kappa shape index (κ2) is 3.74. The van der Waals surface area contributed by atoms with E-state index in [1.807, 2.05) is 6.07 Å². The molecule has 0 spiro atoms. The fraction of sp³-hybridized carbons (Fsp3) is 0.0833. The normalized spacial score (nSPS) is 10.7. The second-order valence-electron chi connectivity index (χ2n) is 4.03. The molecule has 0 aromatic heterocycles. The van der Waals surface area contributed by atoms with E-state index >= 15 is 0 Å². The molecule has 0 atom stereocenters. The van der Waals surface area contributed by atoms with Crippen molar-refractivity contribution in [1.29, 1.82) is 5.26 Å². The van der Waals surface area contributed by atoms with Gasteiger partial charge in [-0.3, -0.25) is 9.78 Å². The molecular formula is C12H7N5O2. The number of rotatable bonds is 0. The van der Waals surface area contributed by atoms with Crippen LogP contribution in [0.4, 0.5) is 0 Å². The highest BCUT2D eigenvalue weighted by molar-refractivity contribution is 5.80. The number of hydrogen-bond acceptors (Lipinski definition) is 5. The third-order valence-corrected chi connectivity index (χ3v) is 2.87. The molecule has 7 heteroatoms. The van der Waals surface area contributed by atoms with Gasteiger partial charge >= 0.3 is 5.69 Å². The number of benzene rings is 1. The molecule has 19 heavy (non-hydrogen) atoms. The number of aromatic nitrogens is 4. The quantitative estimate of drug-likeness (QED) is 0.567. The maximum Gasteiger partial charge on any atom is 0.349 e. The highest BCUT2D eigenvalue weighted by Crippen LogP contribution is 2.19. The summed E-state index contributed by atoms with van der Waals surface area (Å²) in [4.78, 5) is 33.0. The van der Waals surface area contributed by atoms with Gasteiger partial charge in [-0.05, 0) is 18.2 Å². The number of nitrogens with one attached hydrogen (secondary N) is 1. The van der Waals surface area contributed by atoms with Crippen molar-refractivity contribution in [3.63, 3.8) is 0 Å². The van der Waals surface area contributed by atoms with Crippen molar-refractivity contribution < 1.29 is 0 Å². The van der Waals surface area contributed by atoms with E-state index in [0.29, 0.717) is 16.6 Å². The van der Waals surface area contributed by atoms with E-state index in [4.69, 9.17) is 5.26 Å². The zero-order valence-electron chi connectivity index (χ0n) is 9.84. The minimum Gasteiger partial charge on any atom is -0.325 e. The van der Waals surface area contributed by atoms with Crippen molar-refractivity contribution in [2.24, 2.45) is 7.05 Å². The number of aryl methyl sites for hydroxylation is 1. The van der Waals surface area contributed by atoms with Crippen LogP contribution in [0.1, 0.15) is 5.56 Å². The number of hydrogen-bond donors (Lipinski definition) is 1. The molecule has 2 aliphatic rings. The Balaban J connectivity index is 2.58. The summed E-state index contributed by atoms with van der Waals surface area (Å²) in [5, 5.41) is 8.89. The first-order valence-electron chi connectivity index (χ1n) is 5.41. The summed E-state index contributed by atoms with van der Waals surface area (Å²) >= 11 is 0. The van der Waals surface area contributed by atoms with Crippen LogP contribution < -0.4 is 11.2 Å². The zero-order valence-corrected chi connectivity index (χ0v) is 9.84. The first kappa shape index (κ1) is 11.1. The zero-order chi connectivity index (χ0) is 13.6. The Hall–Kier alpha value is -3.01. The standard InChI is InChI=1S/C12H7N5O2/c1-17-8-4-6(5-13)2-3-7(8)14-9-10(17)15-12(19)16-11(9)18/h2-4H,1H3,(H,16,18,19). The average molecular weight is 253 g/mol. The van der Waals surface area contributed by atoms with Gasteiger partial charge in [0, 0.05) is 7.05 Å². The Morgan fingerprint density at radius 3 is 2.84 bits per heavy atom. The number of nitriles is 1. The van der Waals surface area contributed by atoms with Crippen LogP contribution >= 0.6 is 0 Å². The van der Waals surface area contributed by atoms with Gasteiger partial charge in [0.05, 0.1) is 22.7 Å². The SMILES string of the molecule is Cn1c2nc(=O)[nH]c(=O)c-2nc2ccc(C#N)cc21. The summed E-state index contributed by atoms with van der Waals surface area (Å²) in [5.74, 6) is 0.191. The smallest absolute Gasteiger partial charge is 0.325 e. The van der Waals surface area contributed by atoms with E-state index in [1.165, 1.54) is 0 Å². The Bertz CT molecular complexity index is 932. The van der Waals surface area contributed by atoms with Gasteiger partial charge in [-0.1, -0.05) is 0 Å². The molecule has 0 aliphatic carbocycles. The fourth-order valence-electron chi connectivity index (χ4n) is 1.96. The third-order valence-electron chi connectivity index (χ3n) is 2.87. The Labute approximate surface area is 106 Å². The highest BCUT2D eigenvalue weighted by Gasteiger charge is 2.16. The lowest BCUT2D eigenvalue weighted by molar-refractivity contribution is 0.870. The predicted molar refractivity (Wildman–Crippen MR) is 66.7 cm³/mol. The van der Waals surface area contributed by atoms with E-state index in [2.05, 4.69) is 15.0 Å². The molecule has 0 unspecified atom stereocenters. The molecule has 1 aromatic rings. The Kier molecular flexibility index (Phi) is 2.19. The topological polar surface area (TPSA) is 104 Å². The molecule has 0 radical (unpaired) electrons. The minimum absolute atomic E-state index is 0.0966. The summed E-state index contributed by atoms with van der Waals surface area (Å²) in [6.07, 6.45) is 0. The molecule has 0 fully saturated rings. The minimum atomic E-state index is -0.717. The molecular weight excluding hydrogens is 246 g/mol. The van der Waals surface area contributed by atoms with Crippen LogP contribution in [0.3, 0.4) is 0 Å². The van der Waals surface area contributed by atoms with Gasteiger partial charge in [0.2, 0.25) is 0 Å². The van der Waals surface area contributed by atoms with Crippen molar-refractivity contribution in [2.45, 2.75) is 0 Å². The Morgan fingerprint density at radius 2 is 2.11 bits per heavy atom. The molecule has 0 saturated carbocycles. The van der Waals surface area contributed by atoms with Gasteiger partial charge in [0.15, 0.2) is 11.5 Å². The molecule has 1 aromatic carbocycles. The Morgan fingerprint density at radius 1 is 1.32 bits per heavy atom. The molecule has 1 N–H and O–H groups in total. The fourth-order valence-corrected chi connectivity index (χ4v) is 1.96. The average Bonchev–Trinajstić information content (AvgIpc) is 2.40. The molecule has 92 valence electrons. The molecule has 0 bridgehead atoms. The first-order valence-corrected chi connectivity index (χ1v) is 5.41. The van der Waals surface area contributed by atoms with Crippen molar-refractivity contribution in [3.8, 4) is 17.6 Å². The number of aromatic amines is 1. The van der Waals surface area contributed by atoms with E-state index in [9.17, 15) is 9.59 Å². The molecule has 2 heterocycles. The highest BCUT2D eigenvalue weighted by atomic mass is 16.2. The van der Waals surface area contributed by atoms with Gasteiger partial charge in [-0.15, -0.1) is 0 Å². The summed E-state index contributed by atoms with van der Waals surface area (Å²) in [6, 6.07) is 6.93. The molecule has 0 amide bonds. The van der Waals surface area contributed by atoms with Gasteiger partial charge in [-0.25, -0.2) is 9.78 Å². The van der Waals surface area contributed by atoms with E-state index < -0.39 is 11.2 Å². The number of fused-ring (bicyclic) bond motifs is 2. The maximum absolute atomic E-state index is 11.7. The summed E-state index contributed by atoms with van der Waals surface area (Å²) in [5.41, 5.74) is 0.460. The molecule has 2 aliphatic heterocycles. The largest absolute Gasteiger partial charge is 0.349 e. The number of nitrogens with zero attached hydrogens (tertiary/aromatic N) is 4. The van der Waals surface area contributed by atoms with Crippen molar-refractivity contribution >= 4 is 11.0 Å². The van der Waals surface area contributed by atoms with Gasteiger partial charge in [-0.2, -0.15) is 10.2 Å². The van der Waals surface area contributed by atoms with Crippen LogP contribution in [0.15, 0.2) is 27.8 Å². The summed E-state index contributed by atoms with van der Waals surface area (Å²) in [6.45, 7) is 0. The van der Waals surface area contributed by atoms with Crippen LogP contribution in [0.25, 0.3) is 22.6 Å². The van der Waals surface area contributed by atoms with Crippen LogP contribution in [0.2, 0.25) is 0 Å². The molecule has 0 saturated heterocycles. The van der Waals surface area contributed by atoms with Crippen molar-refractivity contribution in [1.82, 2.24) is 19.5 Å². The summed E-state index contributed by atoms with van der Waals surface area (Å²) in [7, 11) is 1.67. The lowest BCUT2D eigenvalue weighted by Crippen LogP contribution is -2.28. The molecule has 3 rings (SSSR count). The molecule has 7 nitrogen and oxygen atoms in total. The van der Waals surface area contributed by atoms with E-state index in [-0.39, 0.29) is 11.5 Å². The van der Waals surface area contributed by atoms with Gasteiger partial charge in [0.25, 0.3) is 5.56 Å². The van der Waals surface area contributed by atoms with Gasteiger partial charge < -0.3 is 4.57 Å². The van der Waals surface area contributed by atoms with Crippen LogP contribution in [0.5, 0.6) is 0 Å². The maximum atomic E-state index is 11.7. The lowest BCUT2D eigenvalue weighted by atomic mass is 10.2. The third kappa shape index (κ3) is 1.58. The van der Waals surface area contributed by atoms with Gasteiger partial charge in [0.1, 0.15) is 0 Å². The summed E-state index contributed by atoms with van der Waals surface area (Å²) < 4.78 is 1.58. The van der Waals surface area contributed by atoms with E-state index in [0.717, 1.165) is 0 Å². The number of H-pyrrole nitrogens is 1. The van der Waals surface area contributed by atoms with E-state index in [1.54, 1.807) is 29.8 Å². The van der Waals surface area contributed by atoms with Crippen LogP contribution in [0, 0.1) is 11.3 Å². The van der Waals surface area contributed by atoms with Crippen molar-refractivity contribution in [3.05, 3.63) is 44.6 Å². The second-order valence-corrected chi connectivity index (χ2v) is 4.03.